The van der Waals surface area contributed by atoms with Crippen LogP contribution in [-0.4, -0.2) is 38.6 Å². The van der Waals surface area contributed by atoms with Crippen molar-refractivity contribution in [3.8, 4) is 11.5 Å². The lowest BCUT2D eigenvalue weighted by molar-refractivity contribution is -0.117. The summed E-state index contributed by atoms with van der Waals surface area (Å²) in [6.07, 6.45) is 0. The minimum absolute atomic E-state index is 0.128. The number of carbonyl (C=O) groups is 1. The van der Waals surface area contributed by atoms with E-state index in [9.17, 15) is 4.79 Å². The van der Waals surface area contributed by atoms with E-state index in [2.05, 4.69) is 50.4 Å². The lowest BCUT2D eigenvalue weighted by atomic mass is 9.87. The summed E-state index contributed by atoms with van der Waals surface area (Å²) < 4.78 is 10.5. The molecule has 0 aromatic heterocycles. The van der Waals surface area contributed by atoms with Gasteiger partial charge in [0.2, 0.25) is 5.91 Å². The number of nitrogens with one attached hydrogen (secondary N) is 1. The van der Waals surface area contributed by atoms with Crippen molar-refractivity contribution in [1.29, 1.82) is 0 Å². The van der Waals surface area contributed by atoms with Crippen molar-refractivity contribution >= 4 is 23.2 Å². The van der Waals surface area contributed by atoms with Crippen molar-refractivity contribution in [2.24, 2.45) is 0 Å². The third-order valence-electron chi connectivity index (χ3n) is 4.43. The van der Waals surface area contributed by atoms with Gasteiger partial charge in [-0.25, -0.2) is 0 Å². The molecule has 1 N–H and O–H groups in total. The molecule has 0 unspecified atom stereocenters. The Morgan fingerprint density at radius 2 is 1.68 bits per heavy atom. The summed E-state index contributed by atoms with van der Waals surface area (Å²) >= 11 is 6.10. The number of halogens is 1. The number of benzene rings is 2. The summed E-state index contributed by atoms with van der Waals surface area (Å²) in [5.74, 6) is 0.820. The first-order valence-electron chi connectivity index (χ1n) is 9.13. The zero-order chi connectivity index (χ0) is 20.9. The lowest BCUT2D eigenvalue weighted by Crippen LogP contribution is -2.30. The van der Waals surface area contributed by atoms with Crippen LogP contribution in [0.3, 0.4) is 0 Å². The fourth-order valence-electron chi connectivity index (χ4n) is 2.87. The van der Waals surface area contributed by atoms with Gasteiger partial charge in [-0.05, 0) is 23.6 Å². The Balaban J connectivity index is 1.99. The first kappa shape index (κ1) is 22.1. The number of nitrogens with zero attached hydrogens (tertiary/aromatic N) is 1. The Labute approximate surface area is 172 Å². The van der Waals surface area contributed by atoms with E-state index >= 15 is 0 Å². The van der Waals surface area contributed by atoms with Crippen molar-refractivity contribution in [3.05, 3.63) is 52.5 Å². The number of rotatable bonds is 7. The smallest absolute Gasteiger partial charge is 0.238 e. The Morgan fingerprint density at radius 1 is 1.07 bits per heavy atom. The molecule has 1 amide bonds. The van der Waals surface area contributed by atoms with Gasteiger partial charge in [-0.1, -0.05) is 56.6 Å². The van der Waals surface area contributed by atoms with Crippen LogP contribution in [0.5, 0.6) is 11.5 Å². The van der Waals surface area contributed by atoms with Crippen LogP contribution in [0.25, 0.3) is 0 Å². The van der Waals surface area contributed by atoms with Crippen LogP contribution in [-0.2, 0) is 16.8 Å². The van der Waals surface area contributed by atoms with Crippen molar-refractivity contribution in [3.63, 3.8) is 0 Å². The second kappa shape index (κ2) is 9.30. The van der Waals surface area contributed by atoms with Crippen LogP contribution in [0.15, 0.2) is 36.4 Å². The van der Waals surface area contributed by atoms with Gasteiger partial charge in [0.25, 0.3) is 0 Å². The van der Waals surface area contributed by atoms with E-state index in [-0.39, 0.29) is 17.9 Å². The van der Waals surface area contributed by atoms with Crippen LogP contribution in [0.4, 0.5) is 5.69 Å². The monoisotopic (exact) mass is 404 g/mol. The van der Waals surface area contributed by atoms with E-state index in [1.54, 1.807) is 12.1 Å². The third-order valence-corrected chi connectivity index (χ3v) is 4.73. The van der Waals surface area contributed by atoms with Gasteiger partial charge in [-0.15, -0.1) is 0 Å². The molecule has 0 bridgehead atoms. The van der Waals surface area contributed by atoms with E-state index in [1.165, 1.54) is 19.8 Å². The van der Waals surface area contributed by atoms with Crippen LogP contribution in [0, 0.1) is 0 Å². The van der Waals surface area contributed by atoms with Gasteiger partial charge in [0.15, 0.2) is 0 Å². The van der Waals surface area contributed by atoms with E-state index in [1.807, 2.05) is 11.9 Å². The molecule has 0 radical (unpaired) electrons. The van der Waals surface area contributed by atoms with Gasteiger partial charge in [-0.2, -0.15) is 0 Å². The average molecular weight is 405 g/mol. The number of amides is 1. The van der Waals surface area contributed by atoms with Crippen LogP contribution >= 0.6 is 11.6 Å². The standard InChI is InChI=1S/C22H29ClN2O3/c1-22(2,3)16-9-7-15(8-10-16)13-25(4)14-21(26)24-18-12-19(27-5)17(23)11-20(18)28-6/h7-12H,13-14H2,1-6H3,(H,24,26). The number of anilines is 1. The number of methoxy groups -OCH3 is 2. The van der Waals surface area contributed by atoms with Gasteiger partial charge in [-0.3, -0.25) is 9.69 Å². The fraction of sp³-hybridized carbons (Fsp3) is 0.409. The summed E-state index contributed by atoms with van der Waals surface area (Å²) in [5, 5.41) is 3.29. The molecule has 0 fully saturated rings. The second-order valence-electron chi connectivity index (χ2n) is 7.85. The Bertz CT molecular complexity index is 814. The minimum atomic E-state index is -0.142. The molecule has 0 aliphatic carbocycles. The van der Waals surface area contributed by atoms with Crippen LogP contribution in [0.1, 0.15) is 31.9 Å². The fourth-order valence-corrected chi connectivity index (χ4v) is 3.10. The Morgan fingerprint density at radius 3 is 2.21 bits per heavy atom. The molecule has 0 spiro atoms. The van der Waals surface area contributed by atoms with Crippen molar-refractivity contribution in [2.45, 2.75) is 32.7 Å². The molecule has 0 aliphatic rings. The van der Waals surface area contributed by atoms with Crippen LogP contribution < -0.4 is 14.8 Å². The number of carbonyl (C=O) groups excluding carboxylic acids is 1. The molecule has 2 aromatic rings. The van der Waals surface area contributed by atoms with Crippen molar-refractivity contribution in [1.82, 2.24) is 4.90 Å². The SMILES string of the molecule is COc1cc(NC(=O)CN(C)Cc2ccc(C(C)(C)C)cc2)c(OC)cc1Cl. The maximum atomic E-state index is 12.5. The summed E-state index contributed by atoms with van der Waals surface area (Å²) in [7, 11) is 4.97. The number of hydrogen-bond acceptors (Lipinski definition) is 4. The molecule has 152 valence electrons. The summed E-state index contributed by atoms with van der Waals surface area (Å²) in [6, 6.07) is 11.8. The number of likely N-dealkylation sites (N-methyl/N-ethyl adjacent to an activating group) is 1. The summed E-state index contributed by atoms with van der Waals surface area (Å²) in [6.45, 7) is 7.50. The zero-order valence-electron chi connectivity index (χ0n) is 17.4. The van der Waals surface area contributed by atoms with E-state index in [0.29, 0.717) is 28.8 Å². The summed E-state index contributed by atoms with van der Waals surface area (Å²) in [5.41, 5.74) is 3.11. The van der Waals surface area contributed by atoms with Gasteiger partial charge < -0.3 is 14.8 Å². The van der Waals surface area contributed by atoms with E-state index in [0.717, 1.165) is 5.56 Å². The number of hydrogen-bond donors (Lipinski definition) is 1. The van der Waals surface area contributed by atoms with Crippen molar-refractivity contribution in [2.75, 3.05) is 33.1 Å². The van der Waals surface area contributed by atoms with Gasteiger partial charge >= 0.3 is 0 Å². The molecular weight excluding hydrogens is 376 g/mol. The maximum absolute atomic E-state index is 12.5. The molecule has 5 nitrogen and oxygen atoms in total. The highest BCUT2D eigenvalue weighted by Gasteiger charge is 2.15. The highest BCUT2D eigenvalue weighted by molar-refractivity contribution is 6.32. The highest BCUT2D eigenvalue weighted by atomic mass is 35.5. The zero-order valence-corrected chi connectivity index (χ0v) is 18.2. The largest absolute Gasteiger partial charge is 0.495 e. The van der Waals surface area contributed by atoms with Crippen molar-refractivity contribution < 1.29 is 14.3 Å². The first-order chi connectivity index (χ1) is 13.1. The quantitative estimate of drug-likeness (QED) is 0.725. The lowest BCUT2D eigenvalue weighted by Gasteiger charge is -2.21. The molecule has 0 saturated carbocycles. The third kappa shape index (κ3) is 5.88. The molecule has 2 rings (SSSR count). The van der Waals surface area contributed by atoms with Gasteiger partial charge in [0.1, 0.15) is 11.5 Å². The van der Waals surface area contributed by atoms with Gasteiger partial charge in [0.05, 0.1) is 31.5 Å². The molecule has 0 heterocycles. The summed E-state index contributed by atoms with van der Waals surface area (Å²) in [4.78, 5) is 14.4. The van der Waals surface area contributed by atoms with E-state index < -0.39 is 0 Å². The predicted molar refractivity (Wildman–Crippen MR) is 115 cm³/mol. The normalized spacial score (nSPS) is 11.4. The second-order valence-corrected chi connectivity index (χ2v) is 8.26. The minimum Gasteiger partial charge on any atom is -0.495 e. The molecule has 0 aliphatic heterocycles. The van der Waals surface area contributed by atoms with Crippen LogP contribution in [0.2, 0.25) is 5.02 Å². The molecule has 0 saturated heterocycles. The maximum Gasteiger partial charge on any atom is 0.238 e. The van der Waals surface area contributed by atoms with E-state index in [4.69, 9.17) is 21.1 Å². The molecule has 28 heavy (non-hydrogen) atoms. The average Bonchev–Trinajstić information content (AvgIpc) is 2.62. The first-order valence-corrected chi connectivity index (χ1v) is 9.51. The molecular formula is C22H29ClN2O3. The molecule has 6 heteroatoms. The van der Waals surface area contributed by atoms with Gasteiger partial charge in [0, 0.05) is 18.7 Å². The predicted octanol–water partition coefficient (Wildman–Crippen LogP) is 4.73. The molecule has 2 aromatic carbocycles. The highest BCUT2D eigenvalue weighted by Crippen LogP contribution is 2.35. The molecule has 0 atom stereocenters. The Hall–Kier alpha value is -2.24. The number of ether oxygens (including phenoxy) is 2. The Kier molecular flexibility index (Phi) is 7.33. The topological polar surface area (TPSA) is 50.8 Å².